The fourth-order valence-corrected chi connectivity index (χ4v) is 2.10. The van der Waals surface area contributed by atoms with Crippen molar-refractivity contribution in [2.75, 3.05) is 32.1 Å². The van der Waals surface area contributed by atoms with Crippen molar-refractivity contribution in [3.8, 4) is 0 Å². The molecular formula is C11H18N2O3S. The zero-order valence-corrected chi connectivity index (χ0v) is 10.7. The molecule has 0 aliphatic carbocycles. The molecule has 1 aromatic rings. The summed E-state index contributed by atoms with van der Waals surface area (Å²) in [6.07, 6.45) is 0.728. The van der Waals surface area contributed by atoms with Crippen molar-refractivity contribution >= 4 is 22.9 Å². The van der Waals surface area contributed by atoms with E-state index in [-0.39, 0.29) is 12.5 Å². The van der Waals surface area contributed by atoms with Gasteiger partial charge in [0.2, 0.25) is 0 Å². The summed E-state index contributed by atoms with van der Waals surface area (Å²) < 4.78 is 5.07. The van der Waals surface area contributed by atoms with Crippen molar-refractivity contribution in [2.45, 2.75) is 13.3 Å². The van der Waals surface area contributed by atoms with Crippen molar-refractivity contribution in [3.63, 3.8) is 0 Å². The number of anilines is 1. The number of hydrogen-bond acceptors (Lipinski definition) is 5. The third-order valence-corrected chi connectivity index (χ3v) is 3.23. The quantitative estimate of drug-likeness (QED) is 0.631. The van der Waals surface area contributed by atoms with E-state index in [0.717, 1.165) is 11.3 Å². The normalized spacial score (nSPS) is 10.5. The number of carbonyl (C=O) groups excluding carboxylic acids is 1. The Morgan fingerprint density at radius 2 is 2.35 bits per heavy atom. The summed E-state index contributed by atoms with van der Waals surface area (Å²) in [4.78, 5) is 13.3. The minimum absolute atomic E-state index is 0.0279. The molecule has 0 aliphatic rings. The van der Waals surface area contributed by atoms with E-state index in [0.29, 0.717) is 30.3 Å². The first-order chi connectivity index (χ1) is 8.15. The predicted molar refractivity (Wildman–Crippen MR) is 68.3 cm³/mol. The molecule has 6 heteroatoms. The van der Waals surface area contributed by atoms with Gasteiger partial charge in [-0.15, -0.1) is 11.3 Å². The number of ether oxygens (including phenoxy) is 1. The van der Waals surface area contributed by atoms with Gasteiger partial charge in [0.25, 0.3) is 5.91 Å². The molecule has 0 bridgehead atoms. The van der Waals surface area contributed by atoms with Crippen molar-refractivity contribution in [2.24, 2.45) is 0 Å². The molecular weight excluding hydrogens is 240 g/mol. The SMILES string of the molecule is Cc1sc(C(=O)NCCCOCCO)cc1N. The van der Waals surface area contributed by atoms with Gasteiger partial charge < -0.3 is 20.9 Å². The lowest BCUT2D eigenvalue weighted by atomic mass is 10.3. The van der Waals surface area contributed by atoms with Crippen LogP contribution < -0.4 is 11.1 Å². The predicted octanol–water partition coefficient (Wildman–Crippen LogP) is 0.768. The summed E-state index contributed by atoms with van der Waals surface area (Å²) in [7, 11) is 0. The fourth-order valence-electron chi connectivity index (χ4n) is 1.24. The minimum atomic E-state index is -0.100. The largest absolute Gasteiger partial charge is 0.398 e. The zero-order valence-electron chi connectivity index (χ0n) is 9.86. The van der Waals surface area contributed by atoms with Gasteiger partial charge in [-0.1, -0.05) is 0 Å². The van der Waals surface area contributed by atoms with Gasteiger partial charge >= 0.3 is 0 Å². The van der Waals surface area contributed by atoms with Crippen LogP contribution in [-0.4, -0.2) is 37.4 Å². The van der Waals surface area contributed by atoms with Crippen molar-refractivity contribution < 1.29 is 14.6 Å². The van der Waals surface area contributed by atoms with Crippen LogP contribution in [0.1, 0.15) is 21.0 Å². The molecule has 1 rings (SSSR count). The number of aryl methyl sites for hydroxylation is 1. The standard InChI is InChI=1S/C11H18N2O3S/c1-8-9(12)7-10(17-8)11(15)13-3-2-5-16-6-4-14/h7,14H,2-6,12H2,1H3,(H,13,15). The van der Waals surface area contributed by atoms with Crippen LogP contribution in [0.2, 0.25) is 0 Å². The summed E-state index contributed by atoms with van der Waals surface area (Å²) in [6, 6.07) is 1.69. The smallest absolute Gasteiger partial charge is 0.261 e. The van der Waals surface area contributed by atoms with Gasteiger partial charge in [-0.05, 0) is 19.4 Å². The zero-order chi connectivity index (χ0) is 12.7. The molecule has 0 saturated heterocycles. The molecule has 0 atom stereocenters. The number of aliphatic hydroxyl groups is 1. The Bertz CT molecular complexity index is 346. The van der Waals surface area contributed by atoms with E-state index in [4.69, 9.17) is 15.6 Å². The van der Waals surface area contributed by atoms with E-state index in [2.05, 4.69) is 5.32 Å². The van der Waals surface area contributed by atoms with Crippen molar-refractivity contribution in [1.82, 2.24) is 5.32 Å². The van der Waals surface area contributed by atoms with Gasteiger partial charge in [-0.2, -0.15) is 0 Å². The number of nitrogen functional groups attached to an aromatic ring is 1. The van der Waals surface area contributed by atoms with E-state index in [9.17, 15) is 4.79 Å². The van der Waals surface area contributed by atoms with E-state index in [1.54, 1.807) is 6.07 Å². The van der Waals surface area contributed by atoms with Crippen LogP contribution in [0, 0.1) is 6.92 Å². The second-order valence-electron chi connectivity index (χ2n) is 3.57. The highest BCUT2D eigenvalue weighted by Gasteiger charge is 2.09. The highest BCUT2D eigenvalue weighted by atomic mass is 32.1. The highest BCUT2D eigenvalue weighted by molar-refractivity contribution is 7.14. The topological polar surface area (TPSA) is 84.6 Å². The second-order valence-corrected chi connectivity index (χ2v) is 4.82. The summed E-state index contributed by atoms with van der Waals surface area (Å²) in [5.74, 6) is -0.100. The van der Waals surface area contributed by atoms with Gasteiger partial charge in [0, 0.05) is 23.7 Å². The van der Waals surface area contributed by atoms with Crippen LogP contribution in [0.3, 0.4) is 0 Å². The summed E-state index contributed by atoms with van der Waals surface area (Å²) in [5.41, 5.74) is 6.33. The van der Waals surface area contributed by atoms with E-state index < -0.39 is 0 Å². The average Bonchev–Trinajstić information content (AvgIpc) is 2.64. The van der Waals surface area contributed by atoms with Crippen molar-refractivity contribution in [3.05, 3.63) is 15.8 Å². The molecule has 0 saturated carbocycles. The fraction of sp³-hybridized carbons (Fsp3) is 0.545. The van der Waals surface area contributed by atoms with Crippen LogP contribution >= 0.6 is 11.3 Å². The van der Waals surface area contributed by atoms with E-state index in [1.165, 1.54) is 11.3 Å². The molecule has 17 heavy (non-hydrogen) atoms. The third-order valence-electron chi connectivity index (χ3n) is 2.17. The molecule has 4 N–H and O–H groups in total. The number of rotatable bonds is 7. The van der Waals surface area contributed by atoms with E-state index >= 15 is 0 Å². The molecule has 96 valence electrons. The molecule has 0 spiro atoms. The number of nitrogens with one attached hydrogen (secondary N) is 1. The third kappa shape index (κ3) is 4.72. The van der Waals surface area contributed by atoms with Gasteiger partial charge in [0.1, 0.15) is 0 Å². The molecule has 0 unspecified atom stereocenters. The Kier molecular flexibility index (Phi) is 5.96. The van der Waals surface area contributed by atoms with E-state index in [1.807, 2.05) is 6.92 Å². The molecule has 0 aliphatic heterocycles. The van der Waals surface area contributed by atoms with Crippen LogP contribution in [0.15, 0.2) is 6.07 Å². The number of hydrogen-bond donors (Lipinski definition) is 3. The molecule has 0 aromatic carbocycles. The maximum Gasteiger partial charge on any atom is 0.261 e. The monoisotopic (exact) mass is 258 g/mol. The van der Waals surface area contributed by atoms with Crippen molar-refractivity contribution in [1.29, 1.82) is 0 Å². The molecule has 1 aromatic heterocycles. The molecule has 1 amide bonds. The first kappa shape index (κ1) is 14.0. The first-order valence-corrected chi connectivity index (χ1v) is 6.29. The first-order valence-electron chi connectivity index (χ1n) is 5.48. The second kappa shape index (κ2) is 7.26. The minimum Gasteiger partial charge on any atom is -0.398 e. The number of nitrogens with two attached hydrogens (primary N) is 1. The highest BCUT2D eigenvalue weighted by Crippen LogP contribution is 2.22. The number of thiophene rings is 1. The summed E-state index contributed by atoms with van der Waals surface area (Å²) in [5, 5.41) is 11.3. The lowest BCUT2D eigenvalue weighted by molar-refractivity contribution is 0.0869. The van der Waals surface area contributed by atoms with Crippen LogP contribution in [0.5, 0.6) is 0 Å². The maximum absolute atomic E-state index is 11.7. The number of amides is 1. The van der Waals surface area contributed by atoms with Gasteiger partial charge in [-0.25, -0.2) is 0 Å². The Morgan fingerprint density at radius 1 is 1.59 bits per heavy atom. The van der Waals surface area contributed by atoms with Gasteiger partial charge in [0.05, 0.1) is 18.1 Å². The average molecular weight is 258 g/mol. The summed E-state index contributed by atoms with van der Waals surface area (Å²) >= 11 is 1.39. The molecule has 1 heterocycles. The van der Waals surface area contributed by atoms with Crippen LogP contribution in [0.4, 0.5) is 5.69 Å². The lowest BCUT2D eigenvalue weighted by Gasteiger charge is -2.04. The Labute approximate surface area is 105 Å². The van der Waals surface area contributed by atoms with Gasteiger partial charge in [0.15, 0.2) is 0 Å². The lowest BCUT2D eigenvalue weighted by Crippen LogP contribution is -2.24. The number of aliphatic hydroxyl groups excluding tert-OH is 1. The van der Waals surface area contributed by atoms with Crippen LogP contribution in [-0.2, 0) is 4.74 Å². The van der Waals surface area contributed by atoms with Gasteiger partial charge in [-0.3, -0.25) is 4.79 Å². The maximum atomic E-state index is 11.7. The Balaban J connectivity index is 2.21. The molecule has 0 fully saturated rings. The molecule has 5 nitrogen and oxygen atoms in total. The molecule has 0 radical (unpaired) electrons. The number of carbonyl (C=O) groups is 1. The Hall–Kier alpha value is -1.11. The summed E-state index contributed by atoms with van der Waals surface area (Å²) in [6.45, 7) is 3.35. The van der Waals surface area contributed by atoms with Crippen LogP contribution in [0.25, 0.3) is 0 Å². The Morgan fingerprint density at radius 3 is 2.94 bits per heavy atom.